The first-order valence-electron chi connectivity index (χ1n) is 6.06. The monoisotopic (exact) mass is 252 g/mol. The van der Waals surface area contributed by atoms with Gasteiger partial charge < -0.3 is 10.6 Å². The minimum absolute atomic E-state index is 0.532. The smallest absolute Gasteiger partial charge is 0.191 e. The molecule has 0 aliphatic heterocycles. The summed E-state index contributed by atoms with van der Waals surface area (Å²) in [7, 11) is 1.88. The molecule has 1 fully saturated rings. The van der Waals surface area contributed by atoms with Gasteiger partial charge in [0.2, 0.25) is 0 Å². The Bertz CT molecular complexity index is 368. The van der Waals surface area contributed by atoms with Crippen LogP contribution in [0.25, 0.3) is 0 Å². The van der Waals surface area contributed by atoms with Gasteiger partial charge in [-0.2, -0.15) is 0 Å². The van der Waals surface area contributed by atoms with Crippen LogP contribution in [0.15, 0.2) is 11.2 Å². The van der Waals surface area contributed by atoms with E-state index in [0.29, 0.717) is 5.41 Å². The molecule has 0 aromatic carbocycles. The Morgan fingerprint density at radius 2 is 2.06 bits per heavy atom. The molecule has 1 aromatic heterocycles. The van der Waals surface area contributed by atoms with E-state index in [-0.39, 0.29) is 0 Å². The first kappa shape index (κ1) is 12.5. The summed E-state index contributed by atoms with van der Waals surface area (Å²) in [5, 5.41) is 7.31. The fraction of sp³-hybridized carbons (Fsp3) is 0.667. The predicted octanol–water partition coefficient (Wildman–Crippen LogP) is 2.84. The van der Waals surface area contributed by atoms with Crippen LogP contribution in [0, 0.1) is 5.41 Å². The topological polar surface area (TPSA) is 49.8 Å². The van der Waals surface area contributed by atoms with Gasteiger partial charge in [-0.1, -0.05) is 18.7 Å². The van der Waals surface area contributed by atoms with Crippen LogP contribution in [0.4, 0.5) is 11.6 Å². The SMILES string of the molecule is CCC1(CNc2cc(NC)nc(SC)n2)CC1. The number of hydrogen-bond donors (Lipinski definition) is 2. The lowest BCUT2D eigenvalue weighted by Crippen LogP contribution is -2.15. The van der Waals surface area contributed by atoms with Gasteiger partial charge in [-0.25, -0.2) is 9.97 Å². The van der Waals surface area contributed by atoms with Crippen LogP contribution in [0.5, 0.6) is 0 Å². The molecular formula is C12H20N4S. The lowest BCUT2D eigenvalue weighted by Gasteiger charge is -2.14. The summed E-state index contributed by atoms with van der Waals surface area (Å²) in [4.78, 5) is 8.82. The first-order valence-corrected chi connectivity index (χ1v) is 7.28. The Labute approximate surface area is 107 Å². The van der Waals surface area contributed by atoms with E-state index in [2.05, 4.69) is 27.5 Å². The Balaban J connectivity index is 2.04. The molecular weight excluding hydrogens is 232 g/mol. The van der Waals surface area contributed by atoms with Crippen molar-refractivity contribution in [2.24, 2.45) is 5.41 Å². The summed E-state index contributed by atoms with van der Waals surface area (Å²) >= 11 is 1.57. The zero-order valence-corrected chi connectivity index (χ0v) is 11.5. The molecule has 0 bridgehead atoms. The van der Waals surface area contributed by atoms with Gasteiger partial charge in [-0.05, 0) is 30.9 Å². The molecule has 17 heavy (non-hydrogen) atoms. The molecule has 0 saturated heterocycles. The highest BCUT2D eigenvalue weighted by Gasteiger charge is 2.40. The van der Waals surface area contributed by atoms with Crippen LogP contribution in [0.1, 0.15) is 26.2 Å². The molecule has 0 spiro atoms. The van der Waals surface area contributed by atoms with Gasteiger partial charge in [0.1, 0.15) is 11.6 Å². The largest absolute Gasteiger partial charge is 0.373 e. The van der Waals surface area contributed by atoms with Crippen LogP contribution in [0.3, 0.4) is 0 Å². The molecule has 4 nitrogen and oxygen atoms in total. The zero-order valence-electron chi connectivity index (χ0n) is 10.7. The van der Waals surface area contributed by atoms with Gasteiger partial charge >= 0.3 is 0 Å². The highest BCUT2D eigenvalue weighted by atomic mass is 32.2. The normalized spacial score (nSPS) is 16.6. The second-order valence-electron chi connectivity index (χ2n) is 4.58. The van der Waals surface area contributed by atoms with Crippen LogP contribution in [0.2, 0.25) is 0 Å². The summed E-state index contributed by atoms with van der Waals surface area (Å²) in [6.07, 6.45) is 5.93. The molecule has 2 rings (SSSR count). The van der Waals surface area contributed by atoms with E-state index in [1.165, 1.54) is 19.3 Å². The number of nitrogens with zero attached hydrogens (tertiary/aromatic N) is 2. The van der Waals surface area contributed by atoms with E-state index in [1.54, 1.807) is 11.8 Å². The number of anilines is 2. The van der Waals surface area contributed by atoms with E-state index in [4.69, 9.17) is 0 Å². The third-order valence-corrected chi connectivity index (χ3v) is 4.04. The van der Waals surface area contributed by atoms with E-state index >= 15 is 0 Å². The van der Waals surface area contributed by atoms with Crippen molar-refractivity contribution in [2.45, 2.75) is 31.3 Å². The summed E-state index contributed by atoms with van der Waals surface area (Å²) in [5.74, 6) is 1.79. The Hall–Kier alpha value is -0.970. The maximum Gasteiger partial charge on any atom is 0.191 e. The van der Waals surface area contributed by atoms with Crippen molar-refractivity contribution in [1.82, 2.24) is 9.97 Å². The van der Waals surface area contributed by atoms with Gasteiger partial charge in [0.25, 0.3) is 0 Å². The molecule has 2 N–H and O–H groups in total. The van der Waals surface area contributed by atoms with Crippen molar-refractivity contribution >= 4 is 23.4 Å². The molecule has 0 amide bonds. The molecule has 5 heteroatoms. The molecule has 1 aliphatic rings. The molecule has 1 aliphatic carbocycles. The minimum atomic E-state index is 0.532. The number of thioether (sulfide) groups is 1. The molecule has 94 valence electrons. The fourth-order valence-electron chi connectivity index (χ4n) is 1.85. The van der Waals surface area contributed by atoms with E-state index in [9.17, 15) is 0 Å². The highest BCUT2D eigenvalue weighted by Crippen LogP contribution is 2.48. The molecule has 0 atom stereocenters. The van der Waals surface area contributed by atoms with Gasteiger partial charge in [-0.3, -0.25) is 0 Å². The maximum atomic E-state index is 4.47. The minimum Gasteiger partial charge on any atom is -0.373 e. The third-order valence-electron chi connectivity index (χ3n) is 3.50. The average Bonchev–Trinajstić information content (AvgIpc) is 3.16. The maximum absolute atomic E-state index is 4.47. The Morgan fingerprint density at radius 1 is 1.35 bits per heavy atom. The van der Waals surface area contributed by atoms with Crippen molar-refractivity contribution < 1.29 is 0 Å². The zero-order chi connectivity index (χ0) is 12.3. The first-order chi connectivity index (χ1) is 8.21. The molecule has 1 aromatic rings. The molecule has 1 saturated carbocycles. The van der Waals surface area contributed by atoms with Crippen LogP contribution >= 0.6 is 11.8 Å². The lowest BCUT2D eigenvalue weighted by molar-refractivity contribution is 0.520. The predicted molar refractivity (Wildman–Crippen MR) is 73.8 cm³/mol. The summed E-state index contributed by atoms with van der Waals surface area (Å²) in [5.41, 5.74) is 0.532. The second kappa shape index (κ2) is 5.12. The summed E-state index contributed by atoms with van der Waals surface area (Å²) in [6.45, 7) is 3.29. The van der Waals surface area contributed by atoms with Gasteiger partial charge in [-0.15, -0.1) is 0 Å². The van der Waals surface area contributed by atoms with Crippen molar-refractivity contribution in [1.29, 1.82) is 0 Å². The number of nitrogens with one attached hydrogen (secondary N) is 2. The van der Waals surface area contributed by atoms with Gasteiger partial charge in [0.15, 0.2) is 5.16 Å². The van der Waals surface area contributed by atoms with E-state index in [1.807, 2.05) is 19.4 Å². The molecule has 0 unspecified atom stereocenters. The van der Waals surface area contributed by atoms with Crippen molar-refractivity contribution in [3.05, 3.63) is 6.07 Å². The molecule has 1 heterocycles. The van der Waals surface area contributed by atoms with Crippen molar-refractivity contribution in [3.8, 4) is 0 Å². The lowest BCUT2D eigenvalue weighted by atomic mass is 10.0. The van der Waals surface area contributed by atoms with Crippen LogP contribution < -0.4 is 10.6 Å². The van der Waals surface area contributed by atoms with Gasteiger partial charge in [0.05, 0.1) is 0 Å². The number of hydrogen-bond acceptors (Lipinski definition) is 5. The fourth-order valence-corrected chi connectivity index (χ4v) is 2.22. The quantitative estimate of drug-likeness (QED) is 0.602. The highest BCUT2D eigenvalue weighted by molar-refractivity contribution is 7.98. The third kappa shape index (κ3) is 3.03. The number of rotatable bonds is 6. The van der Waals surface area contributed by atoms with E-state index < -0.39 is 0 Å². The number of aromatic nitrogens is 2. The summed E-state index contributed by atoms with van der Waals surface area (Å²) < 4.78 is 0. The standard InChI is InChI=1S/C12H20N4S/c1-4-12(5-6-12)8-14-10-7-9(13-2)15-11(16-10)17-3/h7H,4-6,8H2,1-3H3,(H2,13,14,15,16). The Kier molecular flexibility index (Phi) is 3.76. The van der Waals surface area contributed by atoms with Crippen LogP contribution in [-0.4, -0.2) is 29.8 Å². The van der Waals surface area contributed by atoms with Crippen molar-refractivity contribution in [2.75, 3.05) is 30.5 Å². The molecule has 0 radical (unpaired) electrons. The summed E-state index contributed by atoms with van der Waals surface area (Å²) in [6, 6.07) is 1.96. The average molecular weight is 252 g/mol. The van der Waals surface area contributed by atoms with Crippen molar-refractivity contribution in [3.63, 3.8) is 0 Å². The Morgan fingerprint density at radius 3 is 2.59 bits per heavy atom. The van der Waals surface area contributed by atoms with Gasteiger partial charge in [0, 0.05) is 19.7 Å². The second-order valence-corrected chi connectivity index (χ2v) is 5.36. The van der Waals surface area contributed by atoms with Crippen LogP contribution in [-0.2, 0) is 0 Å². The van der Waals surface area contributed by atoms with E-state index in [0.717, 1.165) is 23.3 Å².